The second kappa shape index (κ2) is 10.3. The Labute approximate surface area is 207 Å². The third kappa shape index (κ3) is 5.50. The van der Waals surface area contributed by atoms with E-state index in [1.165, 1.54) is 23.9 Å². The Balaban J connectivity index is 1.70. The summed E-state index contributed by atoms with van der Waals surface area (Å²) in [6, 6.07) is 19.4. The minimum absolute atomic E-state index is 0.0376. The number of thioether (sulfide) groups is 1. The second-order valence-corrected chi connectivity index (χ2v) is 10.8. The van der Waals surface area contributed by atoms with Crippen molar-refractivity contribution in [3.8, 4) is 5.69 Å². The summed E-state index contributed by atoms with van der Waals surface area (Å²) in [5.41, 5.74) is 2.81. The number of aromatic nitrogens is 3. The molecule has 0 amide bonds. The normalized spacial score (nSPS) is 12.6. The molecule has 1 aromatic heterocycles. The molecule has 0 aliphatic heterocycles. The van der Waals surface area contributed by atoms with Crippen molar-refractivity contribution in [1.82, 2.24) is 19.5 Å². The van der Waals surface area contributed by atoms with Gasteiger partial charge in [0.2, 0.25) is 10.0 Å². The zero-order valence-electron chi connectivity index (χ0n) is 18.4. The van der Waals surface area contributed by atoms with Gasteiger partial charge in [-0.2, -0.15) is 0 Å². The molecule has 0 bridgehead atoms. The van der Waals surface area contributed by atoms with Crippen molar-refractivity contribution < 1.29 is 12.8 Å². The Morgan fingerprint density at radius 1 is 1.06 bits per heavy atom. The lowest BCUT2D eigenvalue weighted by Crippen LogP contribution is -2.29. The van der Waals surface area contributed by atoms with Crippen molar-refractivity contribution in [2.24, 2.45) is 0 Å². The number of nitrogens with zero attached hydrogens (tertiary/aromatic N) is 3. The van der Waals surface area contributed by atoms with Crippen molar-refractivity contribution in [3.63, 3.8) is 0 Å². The highest BCUT2D eigenvalue weighted by atomic mass is 35.5. The van der Waals surface area contributed by atoms with Crippen LogP contribution in [0.15, 0.2) is 82.8 Å². The Kier molecular flexibility index (Phi) is 7.37. The standard InChI is InChI=1S/C24H22ClFN4O2S2/c1-16-8-9-19(25)14-22(16)30-23(27-28-24(30)33-15-18-6-4-3-5-7-18)17(2)29-34(31,32)21-12-10-20(26)11-13-21/h3-14,17,29H,15H2,1-2H3. The summed E-state index contributed by atoms with van der Waals surface area (Å²) >= 11 is 7.78. The summed E-state index contributed by atoms with van der Waals surface area (Å²) in [7, 11) is -3.92. The van der Waals surface area contributed by atoms with Crippen LogP contribution in [0, 0.1) is 12.7 Å². The molecule has 176 valence electrons. The quantitative estimate of drug-likeness (QED) is 0.304. The van der Waals surface area contributed by atoms with E-state index < -0.39 is 21.9 Å². The van der Waals surface area contributed by atoms with E-state index in [0.717, 1.165) is 28.9 Å². The fourth-order valence-corrected chi connectivity index (χ4v) is 5.67. The molecule has 6 nitrogen and oxygen atoms in total. The van der Waals surface area contributed by atoms with Gasteiger partial charge in [0.1, 0.15) is 5.82 Å². The molecule has 4 rings (SSSR count). The molecule has 0 spiro atoms. The number of aryl methyl sites for hydroxylation is 1. The first-order valence-electron chi connectivity index (χ1n) is 10.4. The van der Waals surface area contributed by atoms with E-state index in [-0.39, 0.29) is 4.90 Å². The van der Waals surface area contributed by atoms with Gasteiger partial charge >= 0.3 is 0 Å². The molecule has 0 aliphatic carbocycles. The number of nitrogens with one attached hydrogen (secondary N) is 1. The molecule has 1 heterocycles. The third-order valence-electron chi connectivity index (χ3n) is 5.12. The van der Waals surface area contributed by atoms with Crippen molar-refractivity contribution in [2.45, 2.75) is 35.7 Å². The molecule has 0 saturated heterocycles. The third-order valence-corrected chi connectivity index (χ3v) is 7.92. The molecule has 0 saturated carbocycles. The van der Waals surface area contributed by atoms with Gasteiger partial charge in [-0.15, -0.1) is 10.2 Å². The van der Waals surface area contributed by atoms with Crippen LogP contribution >= 0.6 is 23.4 Å². The summed E-state index contributed by atoms with van der Waals surface area (Å²) in [6.07, 6.45) is 0. The molecule has 1 unspecified atom stereocenters. The van der Waals surface area contributed by atoms with Gasteiger partial charge in [-0.25, -0.2) is 17.5 Å². The Morgan fingerprint density at radius 2 is 1.76 bits per heavy atom. The minimum atomic E-state index is -3.92. The molecule has 0 aliphatic rings. The van der Waals surface area contributed by atoms with Gasteiger partial charge < -0.3 is 0 Å². The maximum Gasteiger partial charge on any atom is 0.241 e. The van der Waals surface area contributed by atoms with Crippen molar-refractivity contribution >= 4 is 33.4 Å². The largest absolute Gasteiger partial charge is 0.272 e. The summed E-state index contributed by atoms with van der Waals surface area (Å²) in [4.78, 5) is -0.0376. The van der Waals surface area contributed by atoms with Crippen LogP contribution in [0.1, 0.15) is 29.9 Å². The lowest BCUT2D eigenvalue weighted by Gasteiger charge is -2.18. The molecule has 0 fully saturated rings. The molecular weight excluding hydrogens is 495 g/mol. The van der Waals surface area contributed by atoms with Gasteiger partial charge in [0, 0.05) is 10.8 Å². The van der Waals surface area contributed by atoms with Gasteiger partial charge in [0.15, 0.2) is 11.0 Å². The van der Waals surface area contributed by atoms with Crippen LogP contribution < -0.4 is 4.72 Å². The van der Waals surface area contributed by atoms with E-state index in [2.05, 4.69) is 14.9 Å². The second-order valence-electron chi connectivity index (χ2n) is 7.68. The molecule has 0 radical (unpaired) electrons. The highest BCUT2D eigenvalue weighted by molar-refractivity contribution is 7.98. The molecule has 1 N–H and O–H groups in total. The van der Waals surface area contributed by atoms with Crippen LogP contribution in [0.4, 0.5) is 4.39 Å². The summed E-state index contributed by atoms with van der Waals surface area (Å²) in [5, 5.41) is 9.84. The lowest BCUT2D eigenvalue weighted by molar-refractivity contribution is 0.555. The molecule has 10 heteroatoms. The number of benzene rings is 3. The topological polar surface area (TPSA) is 76.9 Å². The average molecular weight is 517 g/mol. The molecule has 1 atom stereocenters. The molecular formula is C24H22ClFN4O2S2. The van der Waals surface area contributed by atoms with E-state index >= 15 is 0 Å². The van der Waals surface area contributed by atoms with Crippen LogP contribution in [0.3, 0.4) is 0 Å². The van der Waals surface area contributed by atoms with Gasteiger partial charge in [0.25, 0.3) is 0 Å². The SMILES string of the molecule is Cc1ccc(Cl)cc1-n1c(SCc2ccccc2)nnc1C(C)NS(=O)(=O)c1ccc(F)cc1. The predicted molar refractivity (Wildman–Crippen MR) is 132 cm³/mol. The number of halogens is 2. The van der Waals surface area contributed by atoms with Crippen LogP contribution in [-0.2, 0) is 15.8 Å². The molecule has 34 heavy (non-hydrogen) atoms. The van der Waals surface area contributed by atoms with E-state index in [1.54, 1.807) is 19.1 Å². The Bertz CT molecular complexity index is 1390. The Morgan fingerprint density at radius 3 is 2.47 bits per heavy atom. The van der Waals surface area contributed by atoms with E-state index in [4.69, 9.17) is 11.6 Å². The van der Waals surface area contributed by atoms with Gasteiger partial charge in [-0.3, -0.25) is 4.57 Å². The molecule has 3 aromatic carbocycles. The lowest BCUT2D eigenvalue weighted by atomic mass is 10.2. The highest BCUT2D eigenvalue weighted by Gasteiger charge is 2.25. The van der Waals surface area contributed by atoms with Crippen LogP contribution in [0.2, 0.25) is 5.02 Å². The zero-order valence-corrected chi connectivity index (χ0v) is 20.8. The van der Waals surface area contributed by atoms with Gasteiger partial charge in [-0.05, 0) is 61.4 Å². The first-order chi connectivity index (χ1) is 16.2. The number of hydrogen-bond acceptors (Lipinski definition) is 5. The highest BCUT2D eigenvalue weighted by Crippen LogP contribution is 2.31. The van der Waals surface area contributed by atoms with E-state index in [0.29, 0.717) is 21.8 Å². The first-order valence-corrected chi connectivity index (χ1v) is 13.3. The monoisotopic (exact) mass is 516 g/mol. The van der Waals surface area contributed by atoms with E-state index in [1.807, 2.05) is 47.9 Å². The summed E-state index contributed by atoms with van der Waals surface area (Å²) in [6.45, 7) is 3.63. The van der Waals surface area contributed by atoms with Crippen molar-refractivity contribution in [2.75, 3.05) is 0 Å². The minimum Gasteiger partial charge on any atom is -0.272 e. The average Bonchev–Trinajstić information content (AvgIpc) is 3.24. The zero-order chi connectivity index (χ0) is 24.3. The maximum atomic E-state index is 13.3. The Hall–Kier alpha value is -2.72. The molecule has 4 aromatic rings. The van der Waals surface area contributed by atoms with Crippen LogP contribution in [0.5, 0.6) is 0 Å². The maximum absolute atomic E-state index is 13.3. The number of rotatable bonds is 8. The summed E-state index contributed by atoms with van der Waals surface area (Å²) in [5.74, 6) is 0.559. The smallest absolute Gasteiger partial charge is 0.241 e. The fraction of sp³-hybridized carbons (Fsp3) is 0.167. The predicted octanol–water partition coefficient (Wildman–Crippen LogP) is 5.70. The van der Waals surface area contributed by atoms with Gasteiger partial charge in [-0.1, -0.05) is 59.8 Å². The number of sulfonamides is 1. The van der Waals surface area contributed by atoms with Crippen molar-refractivity contribution in [3.05, 3.63) is 101 Å². The fourth-order valence-electron chi connectivity index (χ4n) is 3.39. The number of hydrogen-bond donors (Lipinski definition) is 1. The van der Waals surface area contributed by atoms with Gasteiger partial charge in [0.05, 0.1) is 16.6 Å². The van der Waals surface area contributed by atoms with E-state index in [9.17, 15) is 12.8 Å². The summed E-state index contributed by atoms with van der Waals surface area (Å²) < 4.78 is 43.5. The first kappa shape index (κ1) is 24.4. The van der Waals surface area contributed by atoms with Crippen LogP contribution in [-0.4, -0.2) is 23.2 Å². The van der Waals surface area contributed by atoms with Crippen LogP contribution in [0.25, 0.3) is 5.69 Å². The van der Waals surface area contributed by atoms with Crippen molar-refractivity contribution in [1.29, 1.82) is 0 Å².